The predicted molar refractivity (Wildman–Crippen MR) is 145 cm³/mol. The molecule has 0 bridgehead atoms. The molecule has 1 fully saturated rings. The summed E-state index contributed by atoms with van der Waals surface area (Å²) in [4.78, 5) is 38.3. The number of carboxylic acids is 1. The van der Waals surface area contributed by atoms with E-state index < -0.39 is 5.97 Å². The van der Waals surface area contributed by atoms with Crippen LogP contribution in [0.4, 0.5) is 16.2 Å². The SMILES string of the molecule is Cc1ccccc1NC(=O)Nc1ccc(CC(=O)N(Cc2ccc(/C=C/C(=O)O)cc2)C2CC2)cc1C. The lowest BCUT2D eigenvalue weighted by Crippen LogP contribution is -2.33. The molecule has 7 heteroatoms. The molecule has 190 valence electrons. The minimum atomic E-state index is -0.987. The molecule has 3 N–H and O–H groups in total. The van der Waals surface area contributed by atoms with Crippen molar-refractivity contribution in [2.75, 3.05) is 10.6 Å². The van der Waals surface area contributed by atoms with Crippen molar-refractivity contribution in [3.05, 3.63) is 101 Å². The molecule has 0 unspecified atom stereocenters. The molecular formula is C30H31N3O4. The van der Waals surface area contributed by atoms with Crippen molar-refractivity contribution in [3.8, 4) is 0 Å². The maximum Gasteiger partial charge on any atom is 0.328 e. The summed E-state index contributed by atoms with van der Waals surface area (Å²) in [5, 5.41) is 14.5. The summed E-state index contributed by atoms with van der Waals surface area (Å²) in [5.41, 5.74) is 6.01. The van der Waals surface area contributed by atoms with Crippen molar-refractivity contribution < 1.29 is 19.5 Å². The quantitative estimate of drug-likeness (QED) is 0.326. The van der Waals surface area contributed by atoms with E-state index in [1.807, 2.05) is 85.5 Å². The number of aryl methyl sites for hydroxylation is 2. The average molecular weight is 498 g/mol. The predicted octanol–water partition coefficient (Wildman–Crippen LogP) is 5.78. The Bertz CT molecular complexity index is 1330. The second-order valence-corrected chi connectivity index (χ2v) is 9.39. The molecule has 7 nitrogen and oxygen atoms in total. The first-order valence-electron chi connectivity index (χ1n) is 12.3. The smallest absolute Gasteiger partial charge is 0.328 e. The number of nitrogens with one attached hydrogen (secondary N) is 2. The third-order valence-corrected chi connectivity index (χ3v) is 6.35. The summed E-state index contributed by atoms with van der Waals surface area (Å²) in [5.74, 6) is -0.922. The molecule has 1 aliphatic rings. The first-order chi connectivity index (χ1) is 17.8. The Morgan fingerprint density at radius 1 is 0.892 bits per heavy atom. The van der Waals surface area contributed by atoms with Gasteiger partial charge in [0.2, 0.25) is 5.91 Å². The van der Waals surface area contributed by atoms with E-state index >= 15 is 0 Å². The largest absolute Gasteiger partial charge is 0.478 e. The van der Waals surface area contributed by atoms with Gasteiger partial charge >= 0.3 is 12.0 Å². The monoisotopic (exact) mass is 497 g/mol. The minimum Gasteiger partial charge on any atom is -0.478 e. The van der Waals surface area contributed by atoms with Crippen LogP contribution < -0.4 is 10.6 Å². The van der Waals surface area contributed by atoms with Crippen LogP contribution in [0.3, 0.4) is 0 Å². The molecule has 3 aromatic rings. The Morgan fingerprint density at radius 2 is 1.54 bits per heavy atom. The van der Waals surface area contributed by atoms with Gasteiger partial charge in [0.15, 0.2) is 0 Å². The molecule has 1 saturated carbocycles. The Hall–Kier alpha value is -4.39. The zero-order valence-corrected chi connectivity index (χ0v) is 21.0. The van der Waals surface area contributed by atoms with Crippen LogP contribution >= 0.6 is 0 Å². The fraction of sp³-hybridized carbons (Fsp3) is 0.233. The van der Waals surface area contributed by atoms with Crippen molar-refractivity contribution in [2.45, 2.75) is 45.7 Å². The summed E-state index contributed by atoms with van der Waals surface area (Å²) in [7, 11) is 0. The molecule has 3 aromatic carbocycles. The Labute approximate surface area is 216 Å². The number of carboxylic acid groups (broad SMARTS) is 1. The molecule has 0 aliphatic heterocycles. The summed E-state index contributed by atoms with van der Waals surface area (Å²) in [6.07, 6.45) is 4.94. The van der Waals surface area contributed by atoms with Gasteiger partial charge in [-0.25, -0.2) is 9.59 Å². The molecule has 0 radical (unpaired) electrons. The number of amides is 3. The van der Waals surface area contributed by atoms with E-state index in [2.05, 4.69) is 10.6 Å². The second kappa shape index (κ2) is 11.6. The molecule has 1 aliphatic carbocycles. The number of benzene rings is 3. The van der Waals surface area contributed by atoms with Gasteiger partial charge in [-0.1, -0.05) is 54.6 Å². The summed E-state index contributed by atoms with van der Waals surface area (Å²) >= 11 is 0. The van der Waals surface area contributed by atoms with Crippen molar-refractivity contribution >= 4 is 35.4 Å². The molecule has 0 saturated heterocycles. The standard InChI is InChI=1S/C30H31N3O4/c1-20-5-3-4-6-26(20)31-30(37)32-27-15-11-24(17-21(27)2)18-28(34)33(25-13-14-25)19-23-9-7-22(8-10-23)12-16-29(35)36/h3-12,15-17,25H,13-14,18-19H2,1-2H3,(H,35,36)(H2,31,32,37)/b16-12+. The van der Waals surface area contributed by atoms with E-state index in [0.29, 0.717) is 12.2 Å². The van der Waals surface area contributed by atoms with Crippen molar-refractivity contribution in [3.63, 3.8) is 0 Å². The van der Waals surface area contributed by atoms with Gasteiger partial charge < -0.3 is 20.6 Å². The van der Waals surface area contributed by atoms with E-state index in [1.165, 1.54) is 0 Å². The molecular weight excluding hydrogens is 466 g/mol. The van der Waals surface area contributed by atoms with Gasteiger partial charge in [-0.15, -0.1) is 0 Å². The van der Waals surface area contributed by atoms with Gasteiger partial charge in [0, 0.05) is 30.0 Å². The lowest BCUT2D eigenvalue weighted by Gasteiger charge is -2.23. The van der Waals surface area contributed by atoms with Gasteiger partial charge in [-0.05, 0) is 72.7 Å². The first-order valence-corrected chi connectivity index (χ1v) is 12.3. The fourth-order valence-corrected chi connectivity index (χ4v) is 4.15. The molecule has 3 amide bonds. The number of hydrogen-bond donors (Lipinski definition) is 3. The molecule has 4 rings (SSSR count). The van der Waals surface area contributed by atoms with E-state index in [1.54, 1.807) is 6.08 Å². The van der Waals surface area contributed by atoms with Gasteiger partial charge in [0.1, 0.15) is 0 Å². The highest BCUT2D eigenvalue weighted by Crippen LogP contribution is 2.29. The zero-order chi connectivity index (χ0) is 26.4. The van der Waals surface area contributed by atoms with Crippen LogP contribution in [0.25, 0.3) is 6.08 Å². The maximum atomic E-state index is 13.2. The summed E-state index contributed by atoms with van der Waals surface area (Å²) in [6.45, 7) is 4.37. The van der Waals surface area contributed by atoms with Crippen LogP contribution in [0.1, 0.15) is 40.7 Å². The van der Waals surface area contributed by atoms with Gasteiger partial charge in [0.25, 0.3) is 0 Å². The highest BCUT2D eigenvalue weighted by molar-refractivity contribution is 6.00. The van der Waals surface area contributed by atoms with E-state index in [-0.39, 0.29) is 24.4 Å². The number of nitrogens with zero attached hydrogens (tertiary/aromatic N) is 1. The van der Waals surface area contributed by atoms with E-state index in [0.717, 1.165) is 52.4 Å². The number of carbonyl (C=O) groups excluding carboxylic acids is 2. The number of para-hydroxylation sites is 1. The van der Waals surface area contributed by atoms with Crippen LogP contribution in [0.15, 0.2) is 72.8 Å². The Morgan fingerprint density at radius 3 is 2.16 bits per heavy atom. The highest BCUT2D eigenvalue weighted by Gasteiger charge is 2.32. The maximum absolute atomic E-state index is 13.2. The molecule has 0 atom stereocenters. The normalized spacial score (nSPS) is 12.8. The van der Waals surface area contributed by atoms with Crippen LogP contribution in [-0.2, 0) is 22.6 Å². The number of hydrogen-bond acceptors (Lipinski definition) is 3. The van der Waals surface area contributed by atoms with Crippen molar-refractivity contribution in [1.82, 2.24) is 4.90 Å². The third kappa shape index (κ3) is 7.30. The van der Waals surface area contributed by atoms with Gasteiger partial charge in [0.05, 0.1) is 6.42 Å². The summed E-state index contributed by atoms with van der Waals surface area (Å²) < 4.78 is 0. The minimum absolute atomic E-state index is 0.0646. The van der Waals surface area contributed by atoms with E-state index in [4.69, 9.17) is 5.11 Å². The molecule has 37 heavy (non-hydrogen) atoms. The molecule has 0 aromatic heterocycles. The zero-order valence-electron chi connectivity index (χ0n) is 21.0. The highest BCUT2D eigenvalue weighted by atomic mass is 16.4. The number of carbonyl (C=O) groups is 3. The Kier molecular flexibility index (Phi) is 8.03. The molecule has 0 spiro atoms. The topological polar surface area (TPSA) is 98.7 Å². The van der Waals surface area contributed by atoms with Crippen molar-refractivity contribution in [2.24, 2.45) is 0 Å². The second-order valence-electron chi connectivity index (χ2n) is 9.39. The van der Waals surface area contributed by atoms with Crippen LogP contribution in [0.5, 0.6) is 0 Å². The molecule has 0 heterocycles. The van der Waals surface area contributed by atoms with Crippen LogP contribution in [0.2, 0.25) is 0 Å². The fourth-order valence-electron chi connectivity index (χ4n) is 4.15. The summed E-state index contributed by atoms with van der Waals surface area (Å²) in [6, 6.07) is 20.7. The van der Waals surface area contributed by atoms with Crippen molar-refractivity contribution in [1.29, 1.82) is 0 Å². The Balaban J connectivity index is 1.37. The van der Waals surface area contributed by atoms with Gasteiger partial charge in [-0.2, -0.15) is 0 Å². The number of urea groups is 1. The average Bonchev–Trinajstić information content (AvgIpc) is 3.70. The van der Waals surface area contributed by atoms with Crippen LogP contribution in [0, 0.1) is 13.8 Å². The third-order valence-electron chi connectivity index (χ3n) is 6.35. The number of anilines is 2. The lowest BCUT2D eigenvalue weighted by molar-refractivity contribution is -0.132. The lowest BCUT2D eigenvalue weighted by atomic mass is 10.1. The van der Waals surface area contributed by atoms with E-state index in [9.17, 15) is 14.4 Å². The number of rotatable bonds is 9. The first kappa shape index (κ1) is 25.7. The number of aliphatic carboxylic acids is 1. The van der Waals surface area contributed by atoms with Gasteiger partial charge in [-0.3, -0.25) is 4.79 Å². The van der Waals surface area contributed by atoms with Crippen LogP contribution in [-0.4, -0.2) is 34.0 Å².